The van der Waals surface area contributed by atoms with Crippen LogP contribution in [0.1, 0.15) is 27.7 Å². The number of furan rings is 1. The van der Waals surface area contributed by atoms with Crippen LogP contribution in [0.25, 0.3) is 0 Å². The Morgan fingerprint density at radius 2 is 1.76 bits per heavy atom. The van der Waals surface area contributed by atoms with Crippen molar-refractivity contribution < 1.29 is 19.1 Å². The molecule has 1 N–H and O–H groups in total. The molecule has 1 aromatic heterocycles. The Hall–Kier alpha value is -3.02. The van der Waals surface area contributed by atoms with Gasteiger partial charge in [-0.1, -0.05) is 47.5 Å². The number of aliphatic hydroxyl groups excluding tert-OH is 1. The summed E-state index contributed by atoms with van der Waals surface area (Å²) in [6.07, 6.45) is 1.36. The van der Waals surface area contributed by atoms with Crippen LogP contribution >= 0.6 is 23.2 Å². The van der Waals surface area contributed by atoms with Gasteiger partial charge in [0.25, 0.3) is 5.91 Å². The Kier molecular flexibility index (Phi) is 4.94. The molecule has 1 atom stereocenters. The molecule has 0 fully saturated rings. The number of carbonyl (C=O) groups is 2. The van der Waals surface area contributed by atoms with Gasteiger partial charge in [0.2, 0.25) is 5.78 Å². The van der Waals surface area contributed by atoms with Gasteiger partial charge in [-0.3, -0.25) is 14.5 Å². The largest absolute Gasteiger partial charge is 0.503 e. The minimum absolute atomic E-state index is 0.0314. The SMILES string of the molecule is Cc1ccccc1C1C(C(=O)c2ccco2)=C(O)C(=O)N1c1cc(Cl)cc(Cl)c1. The van der Waals surface area contributed by atoms with Crippen LogP contribution in [0.5, 0.6) is 0 Å². The van der Waals surface area contributed by atoms with Crippen molar-refractivity contribution >= 4 is 40.6 Å². The molecule has 29 heavy (non-hydrogen) atoms. The van der Waals surface area contributed by atoms with Gasteiger partial charge in [-0.05, 0) is 48.4 Å². The van der Waals surface area contributed by atoms with Crippen LogP contribution in [0.2, 0.25) is 10.0 Å². The third kappa shape index (κ3) is 3.33. The lowest BCUT2D eigenvalue weighted by Crippen LogP contribution is -2.31. The van der Waals surface area contributed by atoms with E-state index in [0.717, 1.165) is 5.56 Å². The topological polar surface area (TPSA) is 70.7 Å². The van der Waals surface area contributed by atoms with E-state index in [-0.39, 0.29) is 11.3 Å². The number of aliphatic hydroxyl groups is 1. The first-order chi connectivity index (χ1) is 13.9. The molecule has 0 radical (unpaired) electrons. The number of hydrogen-bond acceptors (Lipinski definition) is 4. The zero-order valence-electron chi connectivity index (χ0n) is 15.2. The Labute approximate surface area is 176 Å². The van der Waals surface area contributed by atoms with Crippen molar-refractivity contribution in [1.29, 1.82) is 0 Å². The summed E-state index contributed by atoms with van der Waals surface area (Å²) in [5.41, 5.74) is 1.85. The highest BCUT2D eigenvalue weighted by molar-refractivity contribution is 6.35. The number of carbonyl (C=O) groups excluding carboxylic acids is 2. The molecule has 0 saturated carbocycles. The predicted molar refractivity (Wildman–Crippen MR) is 111 cm³/mol. The third-order valence-corrected chi connectivity index (χ3v) is 5.24. The number of anilines is 1. The lowest BCUT2D eigenvalue weighted by molar-refractivity contribution is -0.117. The van der Waals surface area contributed by atoms with Crippen molar-refractivity contribution in [3.63, 3.8) is 0 Å². The van der Waals surface area contributed by atoms with Crippen LogP contribution in [0.4, 0.5) is 5.69 Å². The molecular formula is C22H15Cl2NO4. The molecule has 1 unspecified atom stereocenters. The zero-order valence-corrected chi connectivity index (χ0v) is 16.7. The molecule has 146 valence electrons. The first-order valence-electron chi connectivity index (χ1n) is 8.75. The number of aryl methyl sites for hydroxylation is 1. The Morgan fingerprint density at radius 3 is 2.38 bits per heavy atom. The summed E-state index contributed by atoms with van der Waals surface area (Å²) in [6.45, 7) is 1.87. The maximum absolute atomic E-state index is 13.1. The van der Waals surface area contributed by atoms with Crippen molar-refractivity contribution in [1.82, 2.24) is 0 Å². The smallest absolute Gasteiger partial charge is 0.294 e. The van der Waals surface area contributed by atoms with Gasteiger partial charge in [0, 0.05) is 15.7 Å². The van der Waals surface area contributed by atoms with E-state index in [2.05, 4.69) is 0 Å². The van der Waals surface area contributed by atoms with E-state index < -0.39 is 23.5 Å². The van der Waals surface area contributed by atoms with Crippen LogP contribution in [-0.2, 0) is 4.79 Å². The minimum Gasteiger partial charge on any atom is -0.503 e. The lowest BCUT2D eigenvalue weighted by Gasteiger charge is -2.28. The monoisotopic (exact) mass is 427 g/mol. The number of amides is 1. The molecule has 4 rings (SSSR count). The third-order valence-electron chi connectivity index (χ3n) is 4.81. The summed E-state index contributed by atoms with van der Waals surface area (Å²) in [7, 11) is 0. The summed E-state index contributed by atoms with van der Waals surface area (Å²) in [5.74, 6) is -1.88. The standard InChI is InChI=1S/C22H15Cl2NO4/c1-12-5-2-3-6-16(12)19-18(20(26)17-7-4-8-29-17)21(27)22(28)25(19)15-10-13(23)9-14(24)11-15/h2-11,19,27H,1H3. The average molecular weight is 428 g/mol. The Balaban J connectivity index is 1.94. The van der Waals surface area contributed by atoms with E-state index in [1.165, 1.54) is 23.3 Å². The fourth-order valence-corrected chi connectivity index (χ4v) is 4.02. The van der Waals surface area contributed by atoms with Crippen LogP contribution in [0, 0.1) is 6.92 Å². The van der Waals surface area contributed by atoms with E-state index in [4.69, 9.17) is 27.6 Å². The summed E-state index contributed by atoms with van der Waals surface area (Å²) >= 11 is 12.3. The van der Waals surface area contributed by atoms with Crippen molar-refractivity contribution in [2.45, 2.75) is 13.0 Å². The molecule has 3 aromatic rings. The number of halogens is 2. The van der Waals surface area contributed by atoms with E-state index in [1.807, 2.05) is 19.1 Å². The number of Topliss-reactive ketones (excluding diaryl/α,β-unsaturated/α-hetero) is 1. The normalized spacial score (nSPS) is 16.6. The molecule has 0 aliphatic carbocycles. The van der Waals surface area contributed by atoms with Crippen molar-refractivity contribution in [2.24, 2.45) is 0 Å². The number of hydrogen-bond donors (Lipinski definition) is 1. The molecule has 0 bridgehead atoms. The van der Waals surface area contributed by atoms with E-state index in [0.29, 0.717) is 21.3 Å². The first-order valence-corrected chi connectivity index (χ1v) is 9.50. The van der Waals surface area contributed by atoms with E-state index in [1.54, 1.807) is 30.3 Å². The molecule has 1 aliphatic heterocycles. The highest BCUT2D eigenvalue weighted by Crippen LogP contribution is 2.43. The van der Waals surface area contributed by atoms with Crippen LogP contribution in [-0.4, -0.2) is 16.8 Å². The molecule has 1 amide bonds. The Bertz CT molecular complexity index is 1130. The number of benzene rings is 2. The fraction of sp³-hybridized carbons (Fsp3) is 0.0909. The number of rotatable bonds is 4. The summed E-state index contributed by atoms with van der Waals surface area (Å²) in [4.78, 5) is 27.5. The maximum Gasteiger partial charge on any atom is 0.294 e. The van der Waals surface area contributed by atoms with Gasteiger partial charge in [0.05, 0.1) is 17.9 Å². The average Bonchev–Trinajstić information content (AvgIpc) is 3.29. The van der Waals surface area contributed by atoms with Crippen LogP contribution in [0.3, 0.4) is 0 Å². The quantitative estimate of drug-likeness (QED) is 0.543. The minimum atomic E-state index is -0.865. The molecule has 7 heteroatoms. The second-order valence-corrected chi connectivity index (χ2v) is 7.50. The number of nitrogens with zero attached hydrogens (tertiary/aromatic N) is 1. The zero-order chi connectivity index (χ0) is 20.7. The van der Waals surface area contributed by atoms with Gasteiger partial charge in [-0.25, -0.2) is 0 Å². The predicted octanol–water partition coefficient (Wildman–Crippen LogP) is 5.68. The van der Waals surface area contributed by atoms with Crippen molar-refractivity contribution in [3.05, 3.63) is 99.1 Å². The molecular weight excluding hydrogens is 413 g/mol. The molecule has 1 aliphatic rings. The maximum atomic E-state index is 13.1. The van der Waals surface area contributed by atoms with Gasteiger partial charge < -0.3 is 9.52 Å². The van der Waals surface area contributed by atoms with Gasteiger partial charge in [-0.2, -0.15) is 0 Å². The van der Waals surface area contributed by atoms with Gasteiger partial charge >= 0.3 is 0 Å². The lowest BCUT2D eigenvalue weighted by atomic mass is 9.92. The fourth-order valence-electron chi connectivity index (χ4n) is 3.51. The van der Waals surface area contributed by atoms with Gasteiger partial charge in [-0.15, -0.1) is 0 Å². The molecule has 2 aromatic carbocycles. The second-order valence-electron chi connectivity index (χ2n) is 6.63. The van der Waals surface area contributed by atoms with E-state index in [9.17, 15) is 14.7 Å². The summed E-state index contributed by atoms with van der Waals surface area (Å²) in [5, 5.41) is 11.3. The van der Waals surface area contributed by atoms with Crippen molar-refractivity contribution in [3.8, 4) is 0 Å². The molecule has 5 nitrogen and oxygen atoms in total. The Morgan fingerprint density at radius 1 is 1.07 bits per heavy atom. The second kappa shape index (κ2) is 7.43. The molecule has 0 saturated heterocycles. The van der Waals surface area contributed by atoms with Gasteiger partial charge in [0.15, 0.2) is 11.5 Å². The highest BCUT2D eigenvalue weighted by Gasteiger charge is 2.45. The van der Waals surface area contributed by atoms with Crippen LogP contribution in [0.15, 0.2) is 76.6 Å². The molecule has 2 heterocycles. The summed E-state index contributed by atoms with van der Waals surface area (Å²) in [6, 6.07) is 14.2. The molecule has 0 spiro atoms. The van der Waals surface area contributed by atoms with Gasteiger partial charge in [0.1, 0.15) is 0 Å². The van der Waals surface area contributed by atoms with E-state index >= 15 is 0 Å². The number of ketones is 1. The highest BCUT2D eigenvalue weighted by atomic mass is 35.5. The van der Waals surface area contributed by atoms with Crippen LogP contribution < -0.4 is 4.90 Å². The summed E-state index contributed by atoms with van der Waals surface area (Å²) < 4.78 is 5.22. The van der Waals surface area contributed by atoms with Crippen molar-refractivity contribution in [2.75, 3.05) is 4.90 Å². The first kappa shape index (κ1) is 19.3.